The lowest BCUT2D eigenvalue weighted by Gasteiger charge is -2.14. The summed E-state index contributed by atoms with van der Waals surface area (Å²) in [7, 11) is 0. The van der Waals surface area contributed by atoms with E-state index in [0.717, 1.165) is 33.5 Å². The molecule has 2 aromatic rings. The fourth-order valence-corrected chi connectivity index (χ4v) is 2.68. The summed E-state index contributed by atoms with van der Waals surface area (Å²) in [6, 6.07) is 14.1. The molecule has 0 spiro atoms. The average Bonchev–Trinajstić information content (AvgIpc) is 2.97. The zero-order valence-electron chi connectivity index (χ0n) is 12.1. The molecule has 1 heterocycles. The molecule has 22 heavy (non-hydrogen) atoms. The van der Waals surface area contributed by atoms with E-state index in [9.17, 15) is 0 Å². The third kappa shape index (κ3) is 3.15. The minimum Gasteiger partial charge on any atom is -0.386 e. The van der Waals surface area contributed by atoms with Crippen molar-refractivity contribution in [3.8, 4) is 12.3 Å². The van der Waals surface area contributed by atoms with Crippen LogP contribution < -0.4 is 5.32 Å². The van der Waals surface area contributed by atoms with Crippen molar-refractivity contribution in [3.63, 3.8) is 0 Å². The Hall–Kier alpha value is -2.25. The zero-order valence-corrected chi connectivity index (χ0v) is 13.7. The molecule has 0 bridgehead atoms. The van der Waals surface area contributed by atoms with Gasteiger partial charge in [0, 0.05) is 23.4 Å². The number of aryl methyl sites for hydroxylation is 1. The molecular weight excluding hydrogens is 340 g/mol. The van der Waals surface area contributed by atoms with E-state index in [1.807, 2.05) is 24.3 Å². The number of rotatable bonds is 3. The van der Waals surface area contributed by atoms with Crippen LogP contribution in [0, 0.1) is 19.3 Å². The second-order valence-electron chi connectivity index (χ2n) is 5.19. The number of nitrogens with one attached hydrogen (secondary N) is 1. The summed E-state index contributed by atoms with van der Waals surface area (Å²) in [5.41, 5.74) is 5.20. The number of benzene rings is 2. The Morgan fingerprint density at radius 3 is 2.68 bits per heavy atom. The smallest absolute Gasteiger partial charge is 0.158 e. The van der Waals surface area contributed by atoms with Crippen LogP contribution in [0.3, 0.4) is 0 Å². The summed E-state index contributed by atoms with van der Waals surface area (Å²) in [4.78, 5) is 5.42. The highest BCUT2D eigenvalue weighted by molar-refractivity contribution is 9.18. The van der Waals surface area contributed by atoms with E-state index in [1.165, 1.54) is 5.56 Å². The van der Waals surface area contributed by atoms with Crippen LogP contribution in [0.15, 0.2) is 47.6 Å². The molecule has 1 aliphatic heterocycles. The summed E-state index contributed by atoms with van der Waals surface area (Å²) in [5, 5.41) is 7.37. The third-order valence-corrected chi connectivity index (χ3v) is 4.07. The first-order chi connectivity index (χ1) is 10.7. The second kappa shape index (κ2) is 6.25. The van der Waals surface area contributed by atoms with E-state index < -0.39 is 0 Å². The highest BCUT2D eigenvalue weighted by Crippen LogP contribution is 2.32. The van der Waals surface area contributed by atoms with Crippen LogP contribution in [0.4, 0.5) is 11.4 Å². The highest BCUT2D eigenvalue weighted by Gasteiger charge is 2.21. The van der Waals surface area contributed by atoms with E-state index in [4.69, 9.17) is 11.3 Å². The van der Waals surface area contributed by atoms with Crippen LogP contribution in [-0.4, -0.2) is 4.62 Å². The molecule has 1 aliphatic rings. The zero-order chi connectivity index (χ0) is 15.5. The first kappa shape index (κ1) is 14.7. The van der Waals surface area contributed by atoms with Crippen LogP contribution in [-0.2, 0) is 4.84 Å². The van der Waals surface area contributed by atoms with E-state index in [2.05, 4.69) is 57.4 Å². The molecule has 1 N–H and O–H groups in total. The van der Waals surface area contributed by atoms with Gasteiger partial charge in [-0.1, -0.05) is 23.2 Å². The Morgan fingerprint density at radius 1 is 1.27 bits per heavy atom. The summed E-state index contributed by atoms with van der Waals surface area (Å²) >= 11 is 3.37. The minimum atomic E-state index is -0.0284. The van der Waals surface area contributed by atoms with Gasteiger partial charge >= 0.3 is 0 Å². The topological polar surface area (TPSA) is 33.6 Å². The largest absolute Gasteiger partial charge is 0.386 e. The van der Waals surface area contributed by atoms with E-state index in [-0.39, 0.29) is 6.10 Å². The van der Waals surface area contributed by atoms with Crippen molar-refractivity contribution in [2.24, 2.45) is 5.16 Å². The molecule has 3 nitrogen and oxygen atoms in total. The third-order valence-electron chi connectivity index (χ3n) is 3.60. The van der Waals surface area contributed by atoms with E-state index >= 15 is 0 Å². The molecule has 0 saturated heterocycles. The van der Waals surface area contributed by atoms with Crippen molar-refractivity contribution in [1.29, 1.82) is 0 Å². The predicted molar refractivity (Wildman–Crippen MR) is 93.6 cm³/mol. The lowest BCUT2D eigenvalue weighted by Crippen LogP contribution is -2.00. The van der Waals surface area contributed by atoms with E-state index in [1.54, 1.807) is 0 Å². The van der Waals surface area contributed by atoms with Gasteiger partial charge in [-0.3, -0.25) is 0 Å². The molecule has 0 fully saturated rings. The fraction of sp³-hybridized carbons (Fsp3) is 0.167. The quantitative estimate of drug-likeness (QED) is 0.796. The number of nitrogens with zero attached hydrogens (tertiary/aromatic N) is 1. The summed E-state index contributed by atoms with van der Waals surface area (Å²) < 4.78 is 0.845. The van der Waals surface area contributed by atoms with E-state index in [0.29, 0.717) is 0 Å². The van der Waals surface area contributed by atoms with Crippen LogP contribution >= 0.6 is 15.9 Å². The maximum absolute atomic E-state index is 5.42. The van der Waals surface area contributed by atoms with Crippen molar-refractivity contribution in [2.75, 3.05) is 5.32 Å². The molecule has 0 amide bonds. The number of halogens is 1. The summed E-state index contributed by atoms with van der Waals surface area (Å²) in [6.07, 6.45) is 6.11. The summed E-state index contributed by atoms with van der Waals surface area (Å²) in [6.45, 7) is 2.07. The van der Waals surface area contributed by atoms with Crippen molar-refractivity contribution in [1.82, 2.24) is 0 Å². The first-order valence-electron chi connectivity index (χ1n) is 6.98. The second-order valence-corrected chi connectivity index (χ2v) is 6.10. The molecule has 3 rings (SSSR count). The molecule has 0 unspecified atom stereocenters. The average molecular weight is 355 g/mol. The van der Waals surface area contributed by atoms with Gasteiger partial charge in [0.05, 0.1) is 0 Å². The number of terminal acetylenes is 1. The lowest BCUT2D eigenvalue weighted by atomic mass is 10.0. The Morgan fingerprint density at radius 2 is 2.05 bits per heavy atom. The van der Waals surface area contributed by atoms with Crippen molar-refractivity contribution in [2.45, 2.75) is 19.4 Å². The van der Waals surface area contributed by atoms with Crippen molar-refractivity contribution >= 4 is 31.9 Å². The van der Waals surface area contributed by atoms with Crippen LogP contribution in [0.2, 0.25) is 0 Å². The molecule has 1 atom stereocenters. The van der Waals surface area contributed by atoms with Gasteiger partial charge in [-0.05, 0) is 64.3 Å². The Balaban J connectivity index is 1.82. The number of anilines is 2. The molecule has 0 aromatic heterocycles. The van der Waals surface area contributed by atoms with Gasteiger partial charge in [-0.2, -0.15) is 0 Å². The van der Waals surface area contributed by atoms with Gasteiger partial charge in [0.2, 0.25) is 0 Å². The predicted octanol–water partition coefficient (Wildman–Crippen LogP) is 4.89. The normalized spacial score (nSPS) is 16.6. The van der Waals surface area contributed by atoms with Gasteiger partial charge < -0.3 is 10.2 Å². The van der Waals surface area contributed by atoms with Crippen LogP contribution in [0.5, 0.6) is 0 Å². The molecule has 0 saturated carbocycles. The maximum Gasteiger partial charge on any atom is 0.158 e. The highest BCUT2D eigenvalue weighted by atomic mass is 79.9. The van der Waals surface area contributed by atoms with Gasteiger partial charge in [-0.15, -0.1) is 6.42 Å². The fourth-order valence-electron chi connectivity index (χ4n) is 2.31. The van der Waals surface area contributed by atoms with Gasteiger partial charge in [0.25, 0.3) is 0 Å². The Labute approximate surface area is 138 Å². The number of hydrogen-bond acceptors (Lipinski definition) is 3. The first-order valence-corrected chi connectivity index (χ1v) is 7.77. The number of oxime groups is 1. The Bertz CT molecular complexity index is 760. The van der Waals surface area contributed by atoms with Crippen LogP contribution in [0.1, 0.15) is 29.2 Å². The monoisotopic (exact) mass is 354 g/mol. The molecule has 110 valence electrons. The van der Waals surface area contributed by atoms with Gasteiger partial charge in [0.1, 0.15) is 4.62 Å². The standard InChI is InChI=1S/C18H15BrN2O/c1-3-13-5-8-15(9-6-13)20-16-10-14(7-4-12(16)2)17-11-18(19)21-22-17/h1,4-10,17,20H,11H2,2H3/t17-/m1/s1. The van der Waals surface area contributed by atoms with Crippen molar-refractivity contribution in [3.05, 3.63) is 59.2 Å². The SMILES string of the molecule is C#Cc1ccc(Nc2cc([C@H]3CC(Br)=NO3)ccc2C)cc1. The van der Waals surface area contributed by atoms with Gasteiger partial charge in [-0.25, -0.2) is 0 Å². The molecule has 0 radical (unpaired) electrons. The number of hydrogen-bond donors (Lipinski definition) is 1. The van der Waals surface area contributed by atoms with Crippen LogP contribution in [0.25, 0.3) is 0 Å². The minimum absolute atomic E-state index is 0.0284. The molecule has 4 heteroatoms. The van der Waals surface area contributed by atoms with Gasteiger partial charge in [0.15, 0.2) is 6.10 Å². The molecule has 0 aliphatic carbocycles. The maximum atomic E-state index is 5.42. The van der Waals surface area contributed by atoms with Crippen molar-refractivity contribution < 1.29 is 4.84 Å². The summed E-state index contributed by atoms with van der Waals surface area (Å²) in [5.74, 6) is 2.62. The Kier molecular flexibility index (Phi) is 4.17. The molecule has 2 aromatic carbocycles. The lowest BCUT2D eigenvalue weighted by molar-refractivity contribution is 0.0858. The molecular formula is C18H15BrN2O.